The fraction of sp³-hybridized carbons (Fsp3) is 0.200. The van der Waals surface area contributed by atoms with Gasteiger partial charge in [-0.15, -0.1) is 0 Å². The van der Waals surface area contributed by atoms with E-state index in [1.807, 2.05) is 60.7 Å². The standard InChI is InChI=1S/C15H17NOS/c16-12-11-15(13-7-3-1-4-8-13)18(17)14-9-5-2-6-10-14/h1-10,15H,11-12,16H2. The molecule has 0 spiro atoms. The fourth-order valence-electron chi connectivity index (χ4n) is 1.94. The van der Waals surface area contributed by atoms with Gasteiger partial charge in [-0.2, -0.15) is 0 Å². The van der Waals surface area contributed by atoms with Gasteiger partial charge < -0.3 is 5.73 Å². The molecule has 2 nitrogen and oxygen atoms in total. The minimum atomic E-state index is -1.05. The zero-order chi connectivity index (χ0) is 12.8. The van der Waals surface area contributed by atoms with Crippen LogP contribution in [0.15, 0.2) is 65.6 Å². The van der Waals surface area contributed by atoms with Crippen LogP contribution in [-0.2, 0) is 10.8 Å². The lowest BCUT2D eigenvalue weighted by atomic mass is 10.1. The summed E-state index contributed by atoms with van der Waals surface area (Å²) >= 11 is 0. The summed E-state index contributed by atoms with van der Waals surface area (Å²) in [6, 6.07) is 19.5. The zero-order valence-electron chi connectivity index (χ0n) is 10.2. The van der Waals surface area contributed by atoms with Crippen LogP contribution < -0.4 is 5.73 Å². The molecule has 0 aliphatic carbocycles. The maximum atomic E-state index is 12.6. The Morgan fingerprint density at radius 1 is 0.944 bits per heavy atom. The van der Waals surface area contributed by atoms with E-state index in [0.717, 1.165) is 16.9 Å². The SMILES string of the molecule is NCCC(c1ccccc1)S(=O)c1ccccc1. The Balaban J connectivity index is 2.29. The first kappa shape index (κ1) is 13.0. The second-order valence-electron chi connectivity index (χ2n) is 4.09. The highest BCUT2D eigenvalue weighted by Crippen LogP contribution is 2.27. The molecular weight excluding hydrogens is 242 g/mol. The van der Waals surface area contributed by atoms with E-state index in [4.69, 9.17) is 5.73 Å². The highest BCUT2D eigenvalue weighted by atomic mass is 32.2. The molecule has 0 heterocycles. The van der Waals surface area contributed by atoms with Crippen LogP contribution in [0.3, 0.4) is 0 Å². The highest BCUT2D eigenvalue weighted by Gasteiger charge is 2.19. The smallest absolute Gasteiger partial charge is 0.0655 e. The summed E-state index contributed by atoms with van der Waals surface area (Å²) in [5.41, 5.74) is 6.74. The summed E-state index contributed by atoms with van der Waals surface area (Å²) in [4.78, 5) is 0.861. The van der Waals surface area contributed by atoms with E-state index in [9.17, 15) is 4.21 Å². The Labute approximate surface area is 110 Å². The van der Waals surface area contributed by atoms with Crippen molar-refractivity contribution in [2.24, 2.45) is 5.73 Å². The van der Waals surface area contributed by atoms with Crippen LogP contribution in [0.25, 0.3) is 0 Å². The summed E-state index contributed by atoms with van der Waals surface area (Å²) in [6.07, 6.45) is 0.728. The van der Waals surface area contributed by atoms with Gasteiger partial charge in [0.1, 0.15) is 0 Å². The van der Waals surface area contributed by atoms with Gasteiger partial charge in [0.2, 0.25) is 0 Å². The van der Waals surface area contributed by atoms with Crippen molar-refractivity contribution in [1.29, 1.82) is 0 Å². The molecule has 2 atom stereocenters. The maximum absolute atomic E-state index is 12.6. The van der Waals surface area contributed by atoms with Crippen molar-refractivity contribution >= 4 is 10.8 Å². The monoisotopic (exact) mass is 259 g/mol. The summed E-state index contributed by atoms with van der Waals surface area (Å²) < 4.78 is 12.6. The minimum Gasteiger partial charge on any atom is -0.330 e. The predicted octanol–water partition coefficient (Wildman–Crippen LogP) is 2.88. The third kappa shape index (κ3) is 3.06. The lowest BCUT2D eigenvalue weighted by Gasteiger charge is -2.16. The second kappa shape index (κ2) is 6.47. The van der Waals surface area contributed by atoms with Gasteiger partial charge in [-0.3, -0.25) is 4.21 Å². The molecule has 2 unspecified atom stereocenters. The van der Waals surface area contributed by atoms with Crippen LogP contribution in [0.2, 0.25) is 0 Å². The van der Waals surface area contributed by atoms with Crippen molar-refractivity contribution in [3.63, 3.8) is 0 Å². The molecule has 2 N–H and O–H groups in total. The van der Waals surface area contributed by atoms with E-state index in [0.29, 0.717) is 6.54 Å². The molecule has 2 aromatic rings. The van der Waals surface area contributed by atoms with Crippen molar-refractivity contribution in [2.75, 3.05) is 6.54 Å². The first-order valence-corrected chi connectivity index (χ1v) is 7.25. The molecule has 0 aromatic heterocycles. The van der Waals surface area contributed by atoms with Crippen LogP contribution in [-0.4, -0.2) is 10.8 Å². The van der Waals surface area contributed by atoms with Crippen molar-refractivity contribution in [3.8, 4) is 0 Å². The zero-order valence-corrected chi connectivity index (χ0v) is 11.0. The first-order chi connectivity index (χ1) is 8.83. The van der Waals surface area contributed by atoms with Crippen LogP contribution in [0.1, 0.15) is 17.2 Å². The Morgan fingerprint density at radius 3 is 2.06 bits per heavy atom. The molecule has 0 aliphatic heterocycles. The van der Waals surface area contributed by atoms with Gasteiger partial charge in [0, 0.05) is 4.90 Å². The number of nitrogens with two attached hydrogens (primary N) is 1. The number of hydrogen-bond donors (Lipinski definition) is 1. The van der Waals surface area contributed by atoms with Crippen molar-refractivity contribution in [3.05, 3.63) is 66.2 Å². The Bertz CT molecular complexity index is 498. The van der Waals surface area contributed by atoms with Crippen LogP contribution in [0.4, 0.5) is 0 Å². The molecule has 3 heteroatoms. The number of rotatable bonds is 5. The van der Waals surface area contributed by atoms with E-state index in [2.05, 4.69) is 0 Å². The quantitative estimate of drug-likeness (QED) is 0.897. The maximum Gasteiger partial charge on any atom is 0.0655 e. The molecule has 0 bridgehead atoms. The van der Waals surface area contributed by atoms with Gasteiger partial charge in [0.15, 0.2) is 0 Å². The Morgan fingerprint density at radius 2 is 1.50 bits per heavy atom. The third-order valence-corrected chi connectivity index (χ3v) is 4.60. The Hall–Kier alpha value is -1.45. The summed E-state index contributed by atoms with van der Waals surface area (Å²) in [6.45, 7) is 0.540. The van der Waals surface area contributed by atoms with Gasteiger partial charge in [-0.05, 0) is 30.7 Å². The molecule has 0 aliphatic rings. The highest BCUT2D eigenvalue weighted by molar-refractivity contribution is 7.85. The third-order valence-electron chi connectivity index (χ3n) is 2.83. The lowest BCUT2D eigenvalue weighted by molar-refractivity contribution is 0.664. The van der Waals surface area contributed by atoms with Crippen LogP contribution >= 0.6 is 0 Å². The van der Waals surface area contributed by atoms with Gasteiger partial charge in [0.25, 0.3) is 0 Å². The fourth-order valence-corrected chi connectivity index (χ4v) is 3.44. The van der Waals surface area contributed by atoms with Gasteiger partial charge >= 0.3 is 0 Å². The molecule has 2 aromatic carbocycles. The molecule has 0 saturated carbocycles. The normalized spacial score (nSPS) is 14.1. The molecule has 0 saturated heterocycles. The average molecular weight is 259 g/mol. The molecule has 0 radical (unpaired) electrons. The molecule has 2 rings (SSSR count). The molecule has 94 valence electrons. The summed E-state index contributed by atoms with van der Waals surface area (Å²) in [7, 11) is -1.05. The van der Waals surface area contributed by atoms with Crippen molar-refractivity contribution in [2.45, 2.75) is 16.6 Å². The van der Waals surface area contributed by atoms with Gasteiger partial charge in [-0.25, -0.2) is 0 Å². The Kier molecular flexibility index (Phi) is 4.67. The van der Waals surface area contributed by atoms with E-state index >= 15 is 0 Å². The van der Waals surface area contributed by atoms with E-state index < -0.39 is 10.8 Å². The van der Waals surface area contributed by atoms with E-state index in [1.165, 1.54) is 0 Å². The van der Waals surface area contributed by atoms with Crippen molar-refractivity contribution in [1.82, 2.24) is 0 Å². The lowest BCUT2D eigenvalue weighted by Crippen LogP contribution is -2.12. The average Bonchev–Trinajstić information content (AvgIpc) is 2.46. The van der Waals surface area contributed by atoms with Gasteiger partial charge in [0.05, 0.1) is 16.0 Å². The minimum absolute atomic E-state index is 0.0291. The van der Waals surface area contributed by atoms with Crippen molar-refractivity contribution < 1.29 is 4.21 Å². The van der Waals surface area contributed by atoms with E-state index in [-0.39, 0.29) is 5.25 Å². The van der Waals surface area contributed by atoms with Gasteiger partial charge in [-0.1, -0.05) is 48.5 Å². The first-order valence-electron chi connectivity index (χ1n) is 6.03. The largest absolute Gasteiger partial charge is 0.330 e. The topological polar surface area (TPSA) is 43.1 Å². The molecule has 0 fully saturated rings. The molecule has 18 heavy (non-hydrogen) atoms. The summed E-state index contributed by atoms with van der Waals surface area (Å²) in [5, 5.41) is -0.0291. The van der Waals surface area contributed by atoms with Crippen LogP contribution in [0.5, 0.6) is 0 Å². The van der Waals surface area contributed by atoms with E-state index in [1.54, 1.807) is 0 Å². The van der Waals surface area contributed by atoms with Crippen LogP contribution in [0, 0.1) is 0 Å². The molecule has 0 amide bonds. The number of benzene rings is 2. The number of hydrogen-bond acceptors (Lipinski definition) is 2. The summed E-state index contributed by atoms with van der Waals surface area (Å²) in [5.74, 6) is 0. The molecular formula is C15H17NOS. The second-order valence-corrected chi connectivity index (χ2v) is 5.72. The predicted molar refractivity (Wildman–Crippen MR) is 75.7 cm³/mol.